The molecule has 0 aliphatic heterocycles. The molecule has 0 bridgehead atoms. The Morgan fingerprint density at radius 3 is 3.12 bits per heavy atom. The minimum absolute atomic E-state index is 0.350. The van der Waals surface area contributed by atoms with Crippen LogP contribution in [-0.4, -0.2) is 17.6 Å². The summed E-state index contributed by atoms with van der Waals surface area (Å²) < 4.78 is 4.72. The molecule has 3 nitrogen and oxygen atoms in total. The number of ether oxygens (including phenoxy) is 1. The van der Waals surface area contributed by atoms with Gasteiger partial charge in [-0.25, -0.2) is 4.79 Å². The van der Waals surface area contributed by atoms with Crippen molar-refractivity contribution in [3.05, 3.63) is 36.0 Å². The van der Waals surface area contributed by atoms with Crippen LogP contribution in [-0.2, 0) is 9.53 Å². The second-order valence-electron chi connectivity index (χ2n) is 3.25. The Kier molecular flexibility index (Phi) is 2.93. The molecule has 0 atom stereocenters. The maximum Gasteiger partial charge on any atom is 0.384 e. The van der Waals surface area contributed by atoms with Crippen molar-refractivity contribution in [1.29, 1.82) is 0 Å². The summed E-state index contributed by atoms with van der Waals surface area (Å²) in [7, 11) is 0. The van der Waals surface area contributed by atoms with Crippen LogP contribution in [0.3, 0.4) is 0 Å². The largest absolute Gasteiger partial charge is 0.456 e. The average Bonchev–Trinajstić information content (AvgIpc) is 2.74. The maximum absolute atomic E-state index is 11.0. The van der Waals surface area contributed by atoms with E-state index in [1.807, 2.05) is 30.5 Å². The average molecular weight is 213 g/mol. The quantitative estimate of drug-likeness (QED) is 0.582. The van der Waals surface area contributed by atoms with Crippen LogP contribution in [0, 0.1) is 11.8 Å². The topological polar surface area (TPSA) is 42.1 Å². The molecule has 0 saturated heterocycles. The summed E-state index contributed by atoms with van der Waals surface area (Å²) >= 11 is 0. The number of H-pyrrole nitrogens is 1. The summed E-state index contributed by atoms with van der Waals surface area (Å²) in [5, 5.41) is 1.13. The number of hydrogen-bond donors (Lipinski definition) is 1. The van der Waals surface area contributed by atoms with E-state index in [1.165, 1.54) is 0 Å². The molecule has 0 unspecified atom stereocenters. The first-order valence-corrected chi connectivity index (χ1v) is 5.05. The normalized spacial score (nSPS) is 9.56. The van der Waals surface area contributed by atoms with Crippen molar-refractivity contribution in [2.45, 2.75) is 6.92 Å². The predicted octanol–water partition coefficient (Wildman–Crippen LogP) is 2.08. The molecule has 2 aromatic rings. The molecule has 1 aromatic carbocycles. The predicted molar refractivity (Wildman–Crippen MR) is 61.8 cm³/mol. The molecule has 80 valence electrons. The smallest absolute Gasteiger partial charge is 0.384 e. The third kappa shape index (κ3) is 2.23. The summed E-state index contributed by atoms with van der Waals surface area (Å²) in [5.41, 5.74) is 1.80. The van der Waals surface area contributed by atoms with Crippen molar-refractivity contribution in [2.24, 2.45) is 0 Å². The Balaban J connectivity index is 2.23. The van der Waals surface area contributed by atoms with E-state index in [0.717, 1.165) is 16.5 Å². The Morgan fingerprint density at radius 2 is 2.31 bits per heavy atom. The number of rotatable bonds is 1. The number of benzene rings is 1. The lowest BCUT2D eigenvalue weighted by molar-refractivity contribution is -0.136. The first-order chi connectivity index (χ1) is 7.79. The molecule has 0 aliphatic carbocycles. The highest BCUT2D eigenvalue weighted by Crippen LogP contribution is 2.13. The van der Waals surface area contributed by atoms with Crippen LogP contribution in [0.4, 0.5) is 0 Å². The van der Waals surface area contributed by atoms with Gasteiger partial charge in [-0.3, -0.25) is 0 Å². The van der Waals surface area contributed by atoms with Gasteiger partial charge >= 0.3 is 5.97 Å². The van der Waals surface area contributed by atoms with Crippen molar-refractivity contribution >= 4 is 16.9 Å². The molecule has 3 heteroatoms. The summed E-state index contributed by atoms with van der Waals surface area (Å²) in [5.74, 6) is 4.71. The van der Waals surface area contributed by atoms with Gasteiger partial charge in [0, 0.05) is 23.2 Å². The molecule has 1 aromatic heterocycles. The van der Waals surface area contributed by atoms with E-state index in [4.69, 9.17) is 4.74 Å². The van der Waals surface area contributed by atoms with E-state index in [1.54, 1.807) is 6.92 Å². The Hall–Kier alpha value is -2.21. The van der Waals surface area contributed by atoms with Crippen molar-refractivity contribution in [1.82, 2.24) is 4.98 Å². The number of carbonyl (C=O) groups excluding carboxylic acids is 1. The van der Waals surface area contributed by atoms with Crippen LogP contribution in [0.25, 0.3) is 10.9 Å². The van der Waals surface area contributed by atoms with Gasteiger partial charge in [-0.15, -0.1) is 0 Å². The molecule has 2 rings (SSSR count). The highest BCUT2D eigenvalue weighted by Gasteiger charge is 1.96. The lowest BCUT2D eigenvalue weighted by Gasteiger charge is -1.93. The van der Waals surface area contributed by atoms with Gasteiger partial charge in [0.05, 0.1) is 6.61 Å². The molecule has 16 heavy (non-hydrogen) atoms. The summed E-state index contributed by atoms with van der Waals surface area (Å²) in [6.07, 6.45) is 1.87. The van der Waals surface area contributed by atoms with Crippen molar-refractivity contribution in [2.75, 3.05) is 6.61 Å². The molecule has 0 fully saturated rings. The van der Waals surface area contributed by atoms with Crippen LogP contribution in [0.2, 0.25) is 0 Å². The number of hydrogen-bond acceptors (Lipinski definition) is 2. The van der Waals surface area contributed by atoms with E-state index in [0.29, 0.717) is 6.61 Å². The summed E-state index contributed by atoms with van der Waals surface area (Å²) in [6.45, 7) is 2.10. The van der Waals surface area contributed by atoms with Gasteiger partial charge in [-0.1, -0.05) is 12.0 Å². The van der Waals surface area contributed by atoms with Crippen LogP contribution in [0.1, 0.15) is 12.5 Å². The zero-order chi connectivity index (χ0) is 11.4. The first-order valence-electron chi connectivity index (χ1n) is 5.05. The number of fused-ring (bicyclic) bond motifs is 1. The van der Waals surface area contributed by atoms with Gasteiger partial charge in [0.25, 0.3) is 0 Å². The van der Waals surface area contributed by atoms with Crippen LogP contribution in [0.5, 0.6) is 0 Å². The zero-order valence-electron chi connectivity index (χ0n) is 8.91. The second-order valence-corrected chi connectivity index (χ2v) is 3.25. The van der Waals surface area contributed by atoms with Crippen LogP contribution < -0.4 is 0 Å². The van der Waals surface area contributed by atoms with Gasteiger partial charge in [-0.2, -0.15) is 0 Å². The number of aromatic nitrogens is 1. The van der Waals surface area contributed by atoms with E-state index >= 15 is 0 Å². The summed E-state index contributed by atoms with van der Waals surface area (Å²) in [6, 6.07) is 7.73. The molecule has 0 amide bonds. The zero-order valence-corrected chi connectivity index (χ0v) is 8.91. The van der Waals surface area contributed by atoms with Crippen LogP contribution in [0.15, 0.2) is 30.5 Å². The molecule has 0 saturated carbocycles. The van der Waals surface area contributed by atoms with Crippen molar-refractivity contribution in [3.8, 4) is 11.8 Å². The third-order valence-corrected chi connectivity index (χ3v) is 2.14. The van der Waals surface area contributed by atoms with Gasteiger partial charge < -0.3 is 9.72 Å². The Bertz CT molecular complexity index is 572. The van der Waals surface area contributed by atoms with E-state index in [2.05, 4.69) is 16.8 Å². The third-order valence-electron chi connectivity index (χ3n) is 2.14. The first kappa shape index (κ1) is 10.3. The molecular formula is C13H11NO2. The van der Waals surface area contributed by atoms with E-state index < -0.39 is 5.97 Å². The highest BCUT2D eigenvalue weighted by atomic mass is 16.5. The minimum atomic E-state index is -0.492. The number of carbonyl (C=O) groups is 1. The maximum atomic E-state index is 11.0. The Morgan fingerprint density at radius 1 is 1.44 bits per heavy atom. The van der Waals surface area contributed by atoms with Gasteiger partial charge in [0.2, 0.25) is 0 Å². The fraction of sp³-hybridized carbons (Fsp3) is 0.154. The van der Waals surface area contributed by atoms with Crippen molar-refractivity contribution in [3.63, 3.8) is 0 Å². The van der Waals surface area contributed by atoms with Gasteiger partial charge in [-0.05, 0) is 30.5 Å². The highest BCUT2D eigenvalue weighted by molar-refractivity contribution is 5.89. The fourth-order valence-electron chi connectivity index (χ4n) is 1.42. The van der Waals surface area contributed by atoms with E-state index in [-0.39, 0.29) is 0 Å². The number of aromatic amines is 1. The lowest BCUT2D eigenvalue weighted by atomic mass is 10.2. The Labute approximate surface area is 93.4 Å². The standard InChI is InChI=1S/C13H11NO2/c1-2-16-13(15)6-4-10-3-5-11-7-8-14-12(11)9-10/h3,5,7-9,14H,2H2,1H3. The molecule has 0 aliphatic rings. The molecule has 0 spiro atoms. The van der Waals surface area contributed by atoms with Crippen molar-refractivity contribution < 1.29 is 9.53 Å². The molecular weight excluding hydrogens is 202 g/mol. The minimum Gasteiger partial charge on any atom is -0.456 e. The van der Waals surface area contributed by atoms with Crippen LogP contribution >= 0.6 is 0 Å². The summed E-state index contributed by atoms with van der Waals surface area (Å²) in [4.78, 5) is 14.1. The molecule has 1 heterocycles. The lowest BCUT2D eigenvalue weighted by Crippen LogP contribution is -1.99. The van der Waals surface area contributed by atoms with Gasteiger partial charge in [0.15, 0.2) is 0 Å². The molecule has 0 radical (unpaired) electrons. The number of nitrogens with one attached hydrogen (secondary N) is 1. The second kappa shape index (κ2) is 4.54. The monoisotopic (exact) mass is 213 g/mol. The fourth-order valence-corrected chi connectivity index (χ4v) is 1.42. The van der Waals surface area contributed by atoms with Gasteiger partial charge in [0.1, 0.15) is 0 Å². The number of esters is 1. The molecule has 1 N–H and O–H groups in total. The SMILES string of the molecule is CCOC(=O)C#Cc1ccc2cc[nH]c2c1. The van der Waals surface area contributed by atoms with E-state index in [9.17, 15) is 4.79 Å².